The number of nitrogens with one attached hydrogen (secondary N) is 9. The summed E-state index contributed by atoms with van der Waals surface area (Å²) in [6.45, 7) is -1.38. The molecule has 0 fully saturated rings. The predicted molar refractivity (Wildman–Crippen MR) is 258 cm³/mol. The van der Waals surface area contributed by atoms with Crippen molar-refractivity contribution in [1.82, 2.24) is 47.9 Å². The zero-order chi connectivity index (χ0) is 60.7. The van der Waals surface area contributed by atoms with E-state index in [1.165, 1.54) is 0 Å². The highest BCUT2D eigenvalue weighted by molar-refractivity contribution is 5.99. The van der Waals surface area contributed by atoms with Crippen LogP contribution in [0.5, 0.6) is 0 Å². The van der Waals surface area contributed by atoms with Gasteiger partial charge in [0.05, 0.1) is 19.6 Å². The monoisotopic (exact) mass is 1130 g/mol. The molecule has 0 radical (unpaired) electrons. The first-order valence-corrected chi connectivity index (χ1v) is 23.7. The quantitative estimate of drug-likeness (QED) is 0.0270. The van der Waals surface area contributed by atoms with Crippen LogP contribution in [0.3, 0.4) is 0 Å². The fourth-order valence-corrected chi connectivity index (χ4v) is 6.66. The lowest BCUT2D eigenvalue weighted by molar-refractivity contribution is -0.142. The first-order chi connectivity index (χ1) is 36.8. The Morgan fingerprint density at radius 3 is 0.861 bits per heavy atom. The van der Waals surface area contributed by atoms with Crippen LogP contribution in [-0.2, 0) is 81.5 Å². The highest BCUT2D eigenvalue weighted by Gasteiger charge is 2.36. The van der Waals surface area contributed by atoms with Gasteiger partial charge in [-0.15, -0.1) is 0 Å². The first-order valence-electron chi connectivity index (χ1n) is 23.7. The number of aliphatic hydroxyl groups excluding tert-OH is 2. The van der Waals surface area contributed by atoms with E-state index in [9.17, 15) is 117 Å². The van der Waals surface area contributed by atoms with Crippen molar-refractivity contribution in [2.45, 2.75) is 151 Å². The number of primary amides is 3. The highest BCUT2D eigenvalue weighted by Crippen LogP contribution is 2.10. The summed E-state index contributed by atoms with van der Waals surface area (Å²) in [5, 5.41) is 85.1. The van der Waals surface area contributed by atoms with E-state index >= 15 is 0 Å². The van der Waals surface area contributed by atoms with Crippen LogP contribution in [-0.4, -0.2) is 204 Å². The summed E-state index contributed by atoms with van der Waals surface area (Å²) in [5.74, 6) is -22.6. The van der Waals surface area contributed by atoms with Gasteiger partial charge in [0.25, 0.3) is 0 Å². The van der Waals surface area contributed by atoms with E-state index < -0.39 is 252 Å². The second kappa shape index (κ2) is 36.0. The van der Waals surface area contributed by atoms with Crippen molar-refractivity contribution in [2.75, 3.05) is 13.2 Å². The lowest BCUT2D eigenvalue weighted by Gasteiger charge is -2.27. The molecule has 0 aromatic rings. The number of hydrogen-bond donors (Lipinski definition) is 19. The van der Waals surface area contributed by atoms with E-state index in [1.54, 1.807) is 0 Å². The molecule has 0 bridgehead atoms. The van der Waals surface area contributed by atoms with Crippen LogP contribution in [0, 0.1) is 0 Å². The maximum Gasteiger partial charge on any atom is 0.305 e. The van der Waals surface area contributed by atoms with Crippen LogP contribution < -0.4 is 65.1 Å². The van der Waals surface area contributed by atoms with Gasteiger partial charge >= 0.3 is 29.8 Å². The Kier molecular flexibility index (Phi) is 31.9. The van der Waals surface area contributed by atoms with Gasteiger partial charge in [-0.1, -0.05) is 0 Å². The Morgan fingerprint density at radius 1 is 0.316 bits per heavy atom. The van der Waals surface area contributed by atoms with Crippen LogP contribution in [0.15, 0.2) is 0 Å². The predicted octanol–water partition coefficient (Wildman–Crippen LogP) is -9.31. The molecule has 0 unspecified atom stereocenters. The number of aliphatic carboxylic acids is 5. The van der Waals surface area contributed by atoms with Gasteiger partial charge < -0.3 is 101 Å². The minimum atomic E-state index is -2.18. The van der Waals surface area contributed by atoms with Crippen LogP contribution >= 0.6 is 0 Å². The molecule has 0 heterocycles. The number of hydrogen-bond acceptors (Lipinski definition) is 19. The molecule has 36 nitrogen and oxygen atoms in total. The van der Waals surface area contributed by atoms with Gasteiger partial charge in [0.2, 0.25) is 70.9 Å². The minimum absolute atomic E-state index is 0.378. The molecule has 9 atom stereocenters. The molecule has 79 heavy (non-hydrogen) atoms. The molecule has 22 N–H and O–H groups in total. The summed E-state index contributed by atoms with van der Waals surface area (Å²) < 4.78 is 0. The Balaban J connectivity index is 6.84. The summed E-state index contributed by atoms with van der Waals surface area (Å²) >= 11 is 0. The van der Waals surface area contributed by atoms with Crippen LogP contribution in [0.1, 0.15) is 96.8 Å². The van der Waals surface area contributed by atoms with Crippen molar-refractivity contribution >= 4 is 101 Å². The Labute approximate surface area is 446 Å². The molecular formula is C43H66N12O24. The van der Waals surface area contributed by atoms with E-state index in [2.05, 4.69) is 26.6 Å². The normalized spacial score (nSPS) is 14.1. The summed E-state index contributed by atoms with van der Waals surface area (Å²) in [5.41, 5.74) is 15.6. The molecule has 0 aromatic carbocycles. The van der Waals surface area contributed by atoms with E-state index in [0.29, 0.717) is 0 Å². The number of aliphatic hydroxyl groups is 2. The molecule has 0 saturated carbocycles. The summed E-state index contributed by atoms with van der Waals surface area (Å²) in [6.07, 6.45) is -9.85. The zero-order valence-corrected chi connectivity index (χ0v) is 42.3. The highest BCUT2D eigenvalue weighted by atomic mass is 16.4. The average molecular weight is 1140 g/mol. The third kappa shape index (κ3) is 29.7. The number of carboxylic acid groups (broad SMARTS) is 5. The summed E-state index contributed by atoms with van der Waals surface area (Å²) in [4.78, 5) is 212. The fourth-order valence-electron chi connectivity index (χ4n) is 6.66. The van der Waals surface area contributed by atoms with Gasteiger partial charge in [0, 0.05) is 45.4 Å². The van der Waals surface area contributed by atoms with Gasteiger partial charge in [-0.2, -0.15) is 0 Å². The van der Waals surface area contributed by atoms with E-state index in [1.807, 2.05) is 21.3 Å². The maximum atomic E-state index is 13.8. The first kappa shape index (κ1) is 69.9. The topological polar surface area (TPSA) is 618 Å². The summed E-state index contributed by atoms with van der Waals surface area (Å²) in [6, 6.07) is -17.1. The molecule has 0 aliphatic rings. The smallest absolute Gasteiger partial charge is 0.305 e. The van der Waals surface area contributed by atoms with E-state index in [4.69, 9.17) is 17.2 Å². The van der Waals surface area contributed by atoms with Crippen molar-refractivity contribution in [3.63, 3.8) is 0 Å². The van der Waals surface area contributed by atoms with E-state index in [0.717, 1.165) is 6.92 Å². The third-order valence-electron chi connectivity index (χ3n) is 10.7. The minimum Gasteiger partial charge on any atom is -0.481 e. The number of nitrogens with two attached hydrogens (primary N) is 3. The molecular weight excluding hydrogens is 1070 g/mol. The van der Waals surface area contributed by atoms with Crippen molar-refractivity contribution in [2.24, 2.45) is 17.2 Å². The molecule has 442 valence electrons. The van der Waals surface area contributed by atoms with Gasteiger partial charge in [-0.3, -0.25) is 81.5 Å². The summed E-state index contributed by atoms with van der Waals surface area (Å²) in [7, 11) is 0. The SMILES string of the molecule is CC(=O)N[C@H](CO)C(=O)N[C@H](CCC(=O)O)C(=O)N[C@H](CC(=O)O)C(=O)N[C@H](CCC(N)=O)C(=O)N[C@H](CO)C(=O)N[C@H](CCC(=O)O)C(=O)N[C@H](CCCC(=O)O)C(=O)N[C@H](CCC(=O)O)C(=O)N[C@H](CCC(N)=O)C(N)=O. The Bertz CT molecular complexity index is 2280. The number of carboxylic acids is 5. The standard InChI is InChI=1S/C43H66N12O24/c1-18(58)47-26(16-56)42(78)52-24(9-14-33(67)68)39(75)54-25(15-34(69)70)41(77)51-21(6-11-29(45)60)40(76)55-27(17-57)43(79)53-23(8-13-32(65)66)38(74)49-20(3-2-4-30(61)62)36(72)50-22(7-12-31(63)64)37(73)48-19(35(46)71)5-10-28(44)59/h19-27,56-57H,2-17H2,1H3,(H2,44,59)(H2,45,60)(H2,46,71)(H,47,58)(H,48,73)(H,49,74)(H,50,72)(H,51,77)(H,52,78)(H,53,79)(H,54,75)(H,55,76)(H,61,62)(H,63,64)(H,65,66)(H,67,68)(H,69,70)/t19-,20-,21-,22-,23-,24-,25-,26-,27-/m1/s1. The molecule has 0 aromatic heterocycles. The molecule has 0 saturated heterocycles. The molecule has 0 spiro atoms. The van der Waals surface area contributed by atoms with Gasteiger partial charge in [-0.05, 0) is 44.9 Å². The Hall–Kier alpha value is -9.09. The van der Waals surface area contributed by atoms with Crippen LogP contribution in [0.4, 0.5) is 0 Å². The van der Waals surface area contributed by atoms with Crippen molar-refractivity contribution in [3.8, 4) is 0 Å². The second-order valence-corrected chi connectivity index (χ2v) is 17.2. The van der Waals surface area contributed by atoms with E-state index in [-0.39, 0.29) is 6.42 Å². The molecule has 0 aliphatic heterocycles. The van der Waals surface area contributed by atoms with Gasteiger partial charge in [0.15, 0.2) is 0 Å². The van der Waals surface area contributed by atoms with Gasteiger partial charge in [0.1, 0.15) is 54.4 Å². The van der Waals surface area contributed by atoms with Crippen molar-refractivity contribution in [1.29, 1.82) is 0 Å². The van der Waals surface area contributed by atoms with Crippen LogP contribution in [0.25, 0.3) is 0 Å². The lowest BCUT2D eigenvalue weighted by atomic mass is 10.0. The second-order valence-electron chi connectivity index (χ2n) is 17.2. The van der Waals surface area contributed by atoms with Gasteiger partial charge in [-0.25, -0.2) is 0 Å². The fraction of sp³-hybridized carbons (Fsp3) is 0.605. The number of amides is 12. The number of rotatable bonds is 41. The molecule has 12 amide bonds. The lowest BCUT2D eigenvalue weighted by Crippen LogP contribution is -2.61. The van der Waals surface area contributed by atoms with Crippen molar-refractivity contribution in [3.05, 3.63) is 0 Å². The maximum absolute atomic E-state index is 13.8. The largest absolute Gasteiger partial charge is 0.481 e. The number of carbonyl (C=O) groups excluding carboxylic acids is 12. The number of carbonyl (C=O) groups is 17. The average Bonchev–Trinajstić information content (AvgIpc) is 3.34. The molecule has 0 aliphatic carbocycles. The van der Waals surface area contributed by atoms with Crippen molar-refractivity contribution < 1.29 is 117 Å². The van der Waals surface area contributed by atoms with Crippen LogP contribution in [0.2, 0.25) is 0 Å². The molecule has 36 heteroatoms. The molecule has 0 rings (SSSR count). The zero-order valence-electron chi connectivity index (χ0n) is 42.3. The third-order valence-corrected chi connectivity index (χ3v) is 10.7. The Morgan fingerprint density at radius 2 is 0.570 bits per heavy atom.